The summed E-state index contributed by atoms with van der Waals surface area (Å²) in [7, 11) is 0. The molecule has 0 bridgehead atoms. The molecule has 4 aromatic rings. The number of aliphatic imine (C=N–C) groups is 2. The number of hydrogen-bond donors (Lipinski definition) is 0. The van der Waals surface area contributed by atoms with Gasteiger partial charge < -0.3 is 0 Å². The zero-order chi connectivity index (χ0) is 24.1. The highest BCUT2D eigenvalue weighted by molar-refractivity contribution is 6.61. The molecule has 0 radical (unpaired) electrons. The van der Waals surface area contributed by atoms with Gasteiger partial charge in [-0.25, -0.2) is 9.98 Å². The van der Waals surface area contributed by atoms with Crippen LogP contribution in [0, 0.1) is 0 Å². The first-order valence-electron chi connectivity index (χ1n) is 12.0. The minimum absolute atomic E-state index is 0.00570. The van der Waals surface area contributed by atoms with Crippen LogP contribution in [0.3, 0.4) is 0 Å². The highest BCUT2D eigenvalue weighted by Gasteiger charge is 2.29. The highest BCUT2D eigenvalue weighted by Crippen LogP contribution is 2.38. The summed E-state index contributed by atoms with van der Waals surface area (Å²) in [6.45, 7) is 13.4. The van der Waals surface area contributed by atoms with E-state index in [1.54, 1.807) is 0 Å². The molecule has 34 heavy (non-hydrogen) atoms. The van der Waals surface area contributed by atoms with Crippen molar-refractivity contribution in [1.82, 2.24) is 0 Å². The first-order chi connectivity index (χ1) is 16.1. The third-order valence-electron chi connectivity index (χ3n) is 6.53. The van der Waals surface area contributed by atoms with Crippen molar-refractivity contribution in [2.45, 2.75) is 52.4 Å². The Bertz CT molecular complexity index is 1350. The summed E-state index contributed by atoms with van der Waals surface area (Å²) in [5, 5.41) is 2.46. The van der Waals surface area contributed by atoms with Crippen LogP contribution in [0.2, 0.25) is 0 Å². The molecule has 0 saturated heterocycles. The lowest BCUT2D eigenvalue weighted by Gasteiger charge is -2.22. The van der Waals surface area contributed by atoms with Crippen molar-refractivity contribution in [2.24, 2.45) is 9.98 Å². The predicted molar refractivity (Wildman–Crippen MR) is 147 cm³/mol. The lowest BCUT2D eigenvalue weighted by atomic mass is 9.85. The molecule has 170 valence electrons. The maximum atomic E-state index is 5.32. The van der Waals surface area contributed by atoms with E-state index in [0.717, 1.165) is 33.9 Å². The Morgan fingerprint density at radius 3 is 1.29 bits per heavy atom. The summed E-state index contributed by atoms with van der Waals surface area (Å²) < 4.78 is 0. The van der Waals surface area contributed by atoms with Gasteiger partial charge in [-0.15, -0.1) is 0 Å². The first kappa shape index (κ1) is 22.3. The molecule has 0 aliphatic heterocycles. The fraction of sp³-hybridized carbons (Fsp3) is 0.250. The molecule has 0 unspecified atom stereocenters. The van der Waals surface area contributed by atoms with Crippen LogP contribution >= 0.6 is 0 Å². The van der Waals surface area contributed by atoms with E-state index < -0.39 is 0 Å². The van der Waals surface area contributed by atoms with Crippen molar-refractivity contribution in [3.05, 3.63) is 107 Å². The van der Waals surface area contributed by atoms with Gasteiger partial charge in [-0.1, -0.05) is 114 Å². The molecule has 1 aliphatic carbocycles. The smallest absolute Gasteiger partial charge is 0.0978 e. The van der Waals surface area contributed by atoms with Gasteiger partial charge in [-0.05, 0) is 39.5 Å². The summed E-state index contributed by atoms with van der Waals surface area (Å²) in [6.07, 6.45) is 0. The van der Waals surface area contributed by atoms with Gasteiger partial charge in [0, 0.05) is 16.5 Å². The van der Waals surface area contributed by atoms with Gasteiger partial charge in [-0.3, -0.25) is 0 Å². The van der Waals surface area contributed by atoms with E-state index in [0.29, 0.717) is 0 Å². The average Bonchev–Trinajstić information content (AvgIpc) is 3.08. The molecule has 0 N–H and O–H groups in total. The molecule has 0 atom stereocenters. The van der Waals surface area contributed by atoms with Crippen LogP contribution in [0.4, 0.5) is 11.4 Å². The topological polar surface area (TPSA) is 24.7 Å². The zero-order valence-corrected chi connectivity index (χ0v) is 21.0. The van der Waals surface area contributed by atoms with Crippen molar-refractivity contribution in [3.63, 3.8) is 0 Å². The maximum Gasteiger partial charge on any atom is 0.0978 e. The molecule has 2 heteroatoms. The lowest BCUT2D eigenvalue weighted by Crippen LogP contribution is -2.15. The largest absolute Gasteiger partial charge is 0.246 e. The Kier molecular flexibility index (Phi) is 5.28. The normalized spacial score (nSPS) is 16.1. The maximum absolute atomic E-state index is 5.32. The second kappa shape index (κ2) is 8.06. The van der Waals surface area contributed by atoms with Crippen molar-refractivity contribution < 1.29 is 0 Å². The van der Waals surface area contributed by atoms with E-state index in [9.17, 15) is 0 Å². The van der Waals surface area contributed by atoms with E-state index in [4.69, 9.17) is 9.98 Å². The highest BCUT2D eigenvalue weighted by atomic mass is 14.8. The molecule has 0 amide bonds. The molecule has 0 saturated carbocycles. The minimum Gasteiger partial charge on any atom is -0.246 e. The van der Waals surface area contributed by atoms with Gasteiger partial charge >= 0.3 is 0 Å². The van der Waals surface area contributed by atoms with E-state index in [1.165, 1.54) is 21.9 Å². The third-order valence-corrected chi connectivity index (χ3v) is 6.53. The number of benzene rings is 4. The summed E-state index contributed by atoms with van der Waals surface area (Å²) in [5.41, 5.74) is 8.69. The fourth-order valence-corrected chi connectivity index (χ4v) is 4.87. The first-order valence-corrected chi connectivity index (χ1v) is 12.0. The van der Waals surface area contributed by atoms with Crippen molar-refractivity contribution in [2.75, 3.05) is 0 Å². The van der Waals surface area contributed by atoms with Gasteiger partial charge in [0.1, 0.15) is 0 Å². The number of nitrogens with zero attached hydrogens (tertiary/aromatic N) is 2. The Balaban J connectivity index is 1.81. The number of para-hydroxylation sites is 2. The Labute approximate surface area is 203 Å². The number of rotatable bonds is 2. The number of hydrogen-bond acceptors (Lipinski definition) is 2. The predicted octanol–water partition coefficient (Wildman–Crippen LogP) is 8.69. The van der Waals surface area contributed by atoms with Gasteiger partial charge in [0.15, 0.2) is 0 Å². The molecule has 0 heterocycles. The minimum atomic E-state index is -0.00570. The molecular formula is C32H32N2. The lowest BCUT2D eigenvalue weighted by molar-refractivity contribution is 0.591. The van der Waals surface area contributed by atoms with Gasteiger partial charge in [0.05, 0.1) is 22.8 Å². The van der Waals surface area contributed by atoms with Gasteiger partial charge in [-0.2, -0.15) is 0 Å². The molecule has 0 aromatic heterocycles. The molecule has 4 aromatic carbocycles. The second-order valence-electron chi connectivity index (χ2n) is 11.2. The van der Waals surface area contributed by atoms with Crippen LogP contribution in [-0.2, 0) is 10.8 Å². The van der Waals surface area contributed by atoms with Gasteiger partial charge in [0.25, 0.3) is 0 Å². The van der Waals surface area contributed by atoms with E-state index in [2.05, 4.69) is 126 Å². The third kappa shape index (κ3) is 3.88. The molecule has 5 rings (SSSR count). The van der Waals surface area contributed by atoms with Crippen LogP contribution in [0.1, 0.15) is 63.8 Å². The Morgan fingerprint density at radius 1 is 0.471 bits per heavy atom. The fourth-order valence-electron chi connectivity index (χ4n) is 4.87. The van der Waals surface area contributed by atoms with E-state index in [-0.39, 0.29) is 10.8 Å². The van der Waals surface area contributed by atoms with Crippen molar-refractivity contribution in [3.8, 4) is 0 Å². The molecule has 0 fully saturated rings. The van der Waals surface area contributed by atoms with Crippen LogP contribution in [-0.4, -0.2) is 11.4 Å². The molecule has 1 aliphatic rings. The van der Waals surface area contributed by atoms with Crippen LogP contribution in [0.25, 0.3) is 10.8 Å². The molecular weight excluding hydrogens is 412 g/mol. The van der Waals surface area contributed by atoms with Crippen LogP contribution < -0.4 is 0 Å². The average molecular weight is 445 g/mol. The quantitative estimate of drug-likeness (QED) is 0.295. The van der Waals surface area contributed by atoms with Crippen LogP contribution in [0.5, 0.6) is 0 Å². The SMILES string of the molecule is CC(C)(C)c1ccccc1N=C1C(=Nc2ccccc2C(C)(C)C)c2cccc3cccc1c23. The van der Waals surface area contributed by atoms with E-state index >= 15 is 0 Å². The van der Waals surface area contributed by atoms with Crippen LogP contribution in [0.15, 0.2) is 94.9 Å². The monoisotopic (exact) mass is 444 g/mol. The standard InChI is InChI=1S/C32H32N2/c1-31(2,3)24-17-7-9-19-26(24)33-29-22-15-11-13-21-14-12-16-23(28(21)22)30(29)34-27-20-10-8-18-25(27)32(4,5)6/h7-20H,1-6H3. The Morgan fingerprint density at radius 2 is 0.882 bits per heavy atom. The summed E-state index contributed by atoms with van der Waals surface area (Å²) >= 11 is 0. The van der Waals surface area contributed by atoms with Crippen molar-refractivity contribution in [1.29, 1.82) is 0 Å². The van der Waals surface area contributed by atoms with Gasteiger partial charge in [0.2, 0.25) is 0 Å². The second-order valence-corrected chi connectivity index (χ2v) is 11.2. The molecule has 0 spiro atoms. The summed E-state index contributed by atoms with van der Waals surface area (Å²) in [6, 6.07) is 29.9. The summed E-state index contributed by atoms with van der Waals surface area (Å²) in [4.78, 5) is 10.6. The molecule has 2 nitrogen and oxygen atoms in total. The van der Waals surface area contributed by atoms with Crippen molar-refractivity contribution >= 4 is 33.6 Å². The van der Waals surface area contributed by atoms with E-state index in [1.807, 2.05) is 0 Å². The zero-order valence-electron chi connectivity index (χ0n) is 21.0. The Hall–Kier alpha value is -3.52. The summed E-state index contributed by atoms with van der Waals surface area (Å²) in [5.74, 6) is 0.